The summed E-state index contributed by atoms with van der Waals surface area (Å²) in [6.45, 7) is 0.758. The number of hydrogen-bond acceptors (Lipinski definition) is 3. The molecule has 0 unspecified atom stereocenters. The Bertz CT molecular complexity index is 540. The monoisotopic (exact) mass is 261 g/mol. The lowest BCUT2D eigenvalue weighted by Gasteiger charge is -2.35. The van der Waals surface area contributed by atoms with Gasteiger partial charge in [-0.2, -0.15) is 0 Å². The minimum atomic E-state index is -2.36. The van der Waals surface area contributed by atoms with Crippen LogP contribution in [0.4, 0.5) is 0 Å². The van der Waals surface area contributed by atoms with Crippen LogP contribution in [0.15, 0.2) is 58.3 Å². The molecular weight excluding hydrogens is 246 g/mol. The van der Waals surface area contributed by atoms with Gasteiger partial charge in [-0.25, -0.2) is 0 Å². The fourth-order valence-electron chi connectivity index (χ4n) is 2.27. The van der Waals surface area contributed by atoms with Crippen LogP contribution in [0.25, 0.3) is 11.1 Å². The van der Waals surface area contributed by atoms with Crippen molar-refractivity contribution in [3.05, 3.63) is 48.5 Å². The number of benzene rings is 2. The van der Waals surface area contributed by atoms with Crippen LogP contribution < -0.4 is 5.73 Å². The van der Waals surface area contributed by atoms with Gasteiger partial charge in [0, 0.05) is 17.7 Å². The minimum absolute atomic E-state index is 0.356. The Kier molecular flexibility index (Phi) is 2.87. The van der Waals surface area contributed by atoms with Gasteiger partial charge in [-0.3, -0.25) is 8.74 Å². The van der Waals surface area contributed by atoms with Crippen molar-refractivity contribution in [1.29, 1.82) is 0 Å². The lowest BCUT2D eigenvalue weighted by atomic mass is 10.1. The Labute approximate surface area is 108 Å². The van der Waals surface area contributed by atoms with Crippen LogP contribution in [-0.4, -0.2) is 17.7 Å². The summed E-state index contributed by atoms with van der Waals surface area (Å²) in [5.41, 5.74) is 7.60. The summed E-state index contributed by atoms with van der Waals surface area (Å²) in [7, 11) is -2.36. The smallest absolute Gasteiger partial charge is 0.0845 e. The second-order valence-corrected chi connectivity index (χ2v) is 6.30. The summed E-state index contributed by atoms with van der Waals surface area (Å²) in [5, 5.41) is 0. The van der Waals surface area contributed by atoms with E-state index in [1.54, 1.807) is 0 Å². The molecule has 0 aromatic heterocycles. The van der Waals surface area contributed by atoms with Crippen molar-refractivity contribution in [1.82, 2.24) is 0 Å². The molecule has 1 aliphatic rings. The van der Waals surface area contributed by atoms with E-state index in [2.05, 4.69) is 0 Å². The van der Waals surface area contributed by atoms with Crippen molar-refractivity contribution in [2.45, 2.75) is 9.79 Å². The first-order valence-corrected chi connectivity index (χ1v) is 7.37. The quantitative estimate of drug-likeness (QED) is 0.891. The molecule has 2 aromatic rings. The van der Waals surface area contributed by atoms with E-state index in [4.69, 9.17) is 9.92 Å². The molecule has 0 bridgehead atoms. The van der Waals surface area contributed by atoms with Crippen LogP contribution >= 0.6 is 10.6 Å². The molecule has 0 radical (unpaired) electrons. The Balaban J connectivity index is 2.20. The van der Waals surface area contributed by atoms with Crippen molar-refractivity contribution >= 4 is 10.6 Å². The van der Waals surface area contributed by atoms with Crippen LogP contribution in [0, 0.1) is 0 Å². The number of rotatable bonds is 3. The topological polar surface area (TPSA) is 55.5 Å². The zero-order valence-electron chi connectivity index (χ0n) is 9.87. The van der Waals surface area contributed by atoms with E-state index < -0.39 is 10.6 Å². The average molecular weight is 261 g/mol. The van der Waals surface area contributed by atoms with Crippen LogP contribution in [0.3, 0.4) is 0 Å². The van der Waals surface area contributed by atoms with Crippen molar-refractivity contribution in [3.8, 4) is 11.1 Å². The van der Waals surface area contributed by atoms with Gasteiger partial charge in [0.2, 0.25) is 0 Å². The summed E-state index contributed by atoms with van der Waals surface area (Å²) < 4.78 is 16.6. The number of nitrogens with two attached hydrogens (primary N) is 1. The third kappa shape index (κ3) is 1.58. The maximum Gasteiger partial charge on any atom is 0.0845 e. The van der Waals surface area contributed by atoms with Gasteiger partial charge in [0.05, 0.1) is 16.4 Å². The van der Waals surface area contributed by atoms with Gasteiger partial charge in [0.1, 0.15) is 0 Å². The van der Waals surface area contributed by atoms with E-state index in [1.165, 1.54) is 0 Å². The molecule has 3 nitrogen and oxygen atoms in total. The van der Waals surface area contributed by atoms with Gasteiger partial charge in [-0.1, -0.05) is 36.4 Å². The van der Waals surface area contributed by atoms with E-state index >= 15 is 0 Å². The molecule has 3 rings (SSSR count). The molecule has 0 atom stereocenters. The second-order valence-electron chi connectivity index (χ2n) is 4.13. The molecule has 18 heavy (non-hydrogen) atoms. The molecule has 1 heterocycles. The Hall–Kier alpha value is -1.33. The second kappa shape index (κ2) is 4.40. The Morgan fingerprint density at radius 1 is 0.944 bits per heavy atom. The minimum Gasteiger partial charge on any atom is -0.328 e. The number of hydrogen-bond donors (Lipinski definition) is 2. The third-order valence-electron chi connectivity index (χ3n) is 3.03. The predicted molar refractivity (Wildman–Crippen MR) is 73.6 cm³/mol. The summed E-state index contributed by atoms with van der Waals surface area (Å²) in [6, 6.07) is 15.7. The first-order chi connectivity index (χ1) is 8.77. The molecule has 3 N–H and O–H groups in total. The normalized spacial score (nSPS) is 17.0. The molecule has 0 amide bonds. The van der Waals surface area contributed by atoms with E-state index in [1.807, 2.05) is 48.5 Å². The Morgan fingerprint density at radius 2 is 1.44 bits per heavy atom. The highest BCUT2D eigenvalue weighted by Gasteiger charge is 2.34. The predicted octanol–water partition coefficient (Wildman–Crippen LogP) is 3.25. The fraction of sp³-hybridized carbons (Fsp3) is 0.143. The molecular formula is C14H15NO2S. The van der Waals surface area contributed by atoms with Gasteiger partial charge in [0.15, 0.2) is 0 Å². The van der Waals surface area contributed by atoms with Gasteiger partial charge in [-0.05, 0) is 12.1 Å². The van der Waals surface area contributed by atoms with Crippen molar-refractivity contribution in [3.63, 3.8) is 0 Å². The molecule has 0 saturated carbocycles. The van der Waals surface area contributed by atoms with Crippen molar-refractivity contribution in [2.24, 2.45) is 5.73 Å². The molecule has 0 aliphatic carbocycles. The highest BCUT2D eigenvalue weighted by Crippen LogP contribution is 2.69. The van der Waals surface area contributed by atoms with Crippen LogP contribution in [0.5, 0.6) is 0 Å². The molecule has 2 aromatic carbocycles. The van der Waals surface area contributed by atoms with E-state index in [-0.39, 0.29) is 0 Å². The SMILES string of the molecule is NCCOS1(O)c2ccccc2-c2ccccc21. The van der Waals surface area contributed by atoms with Crippen molar-refractivity contribution in [2.75, 3.05) is 13.2 Å². The van der Waals surface area contributed by atoms with Gasteiger partial charge < -0.3 is 5.73 Å². The number of fused-ring (bicyclic) bond motifs is 3. The lowest BCUT2D eigenvalue weighted by molar-refractivity contribution is 0.325. The van der Waals surface area contributed by atoms with Gasteiger partial charge in [0.25, 0.3) is 0 Å². The zero-order valence-corrected chi connectivity index (χ0v) is 10.7. The molecule has 1 aliphatic heterocycles. The van der Waals surface area contributed by atoms with Crippen LogP contribution in [0.1, 0.15) is 0 Å². The highest BCUT2D eigenvalue weighted by molar-refractivity contribution is 8.25. The Morgan fingerprint density at radius 3 is 1.94 bits per heavy atom. The standard InChI is InChI=1S/C14H15NO2S/c15-9-10-17-18(16)13-7-3-1-5-11(13)12-6-2-4-8-14(12)18/h1-8,16H,9-10,15H2. The first kappa shape index (κ1) is 11.7. The highest BCUT2D eigenvalue weighted by atomic mass is 32.3. The summed E-state index contributed by atoms with van der Waals surface area (Å²) in [5.74, 6) is 0. The maximum absolute atomic E-state index is 10.9. The van der Waals surface area contributed by atoms with Gasteiger partial charge in [-0.15, -0.1) is 10.6 Å². The van der Waals surface area contributed by atoms with E-state index in [0.717, 1.165) is 20.9 Å². The zero-order chi connectivity index (χ0) is 12.6. The molecule has 94 valence electrons. The third-order valence-corrected chi connectivity index (χ3v) is 5.44. The first-order valence-electron chi connectivity index (χ1n) is 5.86. The molecule has 4 heteroatoms. The summed E-state index contributed by atoms with van der Waals surface area (Å²) in [4.78, 5) is 1.75. The van der Waals surface area contributed by atoms with Gasteiger partial charge >= 0.3 is 0 Å². The fourth-order valence-corrected chi connectivity index (χ4v) is 4.58. The molecule has 0 spiro atoms. The van der Waals surface area contributed by atoms with Crippen molar-refractivity contribution < 1.29 is 8.74 Å². The largest absolute Gasteiger partial charge is 0.328 e. The van der Waals surface area contributed by atoms with E-state index in [0.29, 0.717) is 13.2 Å². The maximum atomic E-state index is 10.9. The van der Waals surface area contributed by atoms with Crippen LogP contribution in [0.2, 0.25) is 0 Å². The lowest BCUT2D eigenvalue weighted by Crippen LogP contribution is -2.11. The molecule has 0 saturated heterocycles. The van der Waals surface area contributed by atoms with Crippen LogP contribution in [-0.2, 0) is 4.18 Å². The van der Waals surface area contributed by atoms with E-state index in [9.17, 15) is 4.55 Å². The summed E-state index contributed by atoms with van der Waals surface area (Å²) >= 11 is 0. The molecule has 0 fully saturated rings. The summed E-state index contributed by atoms with van der Waals surface area (Å²) in [6.07, 6.45) is 0. The average Bonchev–Trinajstić information content (AvgIpc) is 2.69.